The van der Waals surface area contributed by atoms with Gasteiger partial charge in [0, 0.05) is 36.8 Å². The standard InChI is InChI=1S/C23H23N3O5S2/c1-31-18-6-4-16(5-7-18)22(27)25-12-15-11-17(14-25)20-9-8-19(23(28)26(20)13-15)24-33(29,30)21-3-2-10-32-21/h2-10,15,17,24H,11-14H2,1H3. The number of hydrogen-bond donors (Lipinski definition) is 1. The van der Waals surface area contributed by atoms with Gasteiger partial charge in [0.25, 0.3) is 21.5 Å². The van der Waals surface area contributed by atoms with Crippen molar-refractivity contribution in [1.82, 2.24) is 9.47 Å². The summed E-state index contributed by atoms with van der Waals surface area (Å²) in [7, 11) is -2.22. The molecule has 5 rings (SSSR count). The van der Waals surface area contributed by atoms with Crippen molar-refractivity contribution < 1.29 is 17.9 Å². The van der Waals surface area contributed by atoms with Crippen molar-refractivity contribution in [1.29, 1.82) is 0 Å². The third kappa shape index (κ3) is 4.04. The lowest BCUT2D eigenvalue weighted by atomic mass is 9.83. The van der Waals surface area contributed by atoms with E-state index in [4.69, 9.17) is 4.74 Å². The minimum atomic E-state index is -3.80. The molecule has 1 aromatic carbocycles. The Balaban J connectivity index is 1.39. The van der Waals surface area contributed by atoms with Crippen LogP contribution >= 0.6 is 11.3 Å². The fourth-order valence-corrected chi connectivity index (χ4v) is 6.77. The molecule has 1 amide bonds. The van der Waals surface area contributed by atoms with E-state index in [0.717, 1.165) is 23.5 Å². The Kier molecular flexibility index (Phi) is 5.49. The van der Waals surface area contributed by atoms with Crippen molar-refractivity contribution in [2.75, 3.05) is 24.9 Å². The molecular formula is C23H23N3O5S2. The molecule has 172 valence electrons. The molecule has 2 aliphatic heterocycles. The molecule has 10 heteroatoms. The van der Waals surface area contributed by atoms with Crippen LogP contribution in [-0.4, -0.2) is 44.0 Å². The highest BCUT2D eigenvalue weighted by atomic mass is 32.2. The van der Waals surface area contributed by atoms with Crippen molar-refractivity contribution in [2.45, 2.75) is 23.1 Å². The number of nitrogens with zero attached hydrogens (tertiary/aromatic N) is 2. The minimum absolute atomic E-state index is 0.0235. The lowest BCUT2D eigenvalue weighted by molar-refractivity contribution is 0.0594. The van der Waals surface area contributed by atoms with Gasteiger partial charge in [-0.05, 0) is 60.2 Å². The van der Waals surface area contributed by atoms with Gasteiger partial charge in [-0.2, -0.15) is 0 Å². The van der Waals surface area contributed by atoms with Gasteiger partial charge < -0.3 is 14.2 Å². The van der Waals surface area contributed by atoms with Crippen molar-refractivity contribution in [3.63, 3.8) is 0 Å². The predicted molar refractivity (Wildman–Crippen MR) is 126 cm³/mol. The van der Waals surface area contributed by atoms with Crippen molar-refractivity contribution >= 4 is 33.0 Å². The van der Waals surface area contributed by atoms with Gasteiger partial charge in [-0.15, -0.1) is 11.3 Å². The number of thiophene rings is 1. The Hall–Kier alpha value is -3.11. The summed E-state index contributed by atoms with van der Waals surface area (Å²) in [6.07, 6.45) is 0.895. The summed E-state index contributed by atoms with van der Waals surface area (Å²) in [4.78, 5) is 28.1. The number of carbonyl (C=O) groups is 1. The maximum absolute atomic E-state index is 13.1. The number of sulfonamides is 1. The van der Waals surface area contributed by atoms with Gasteiger partial charge in [0.05, 0.1) is 7.11 Å². The molecule has 0 radical (unpaired) electrons. The van der Waals surface area contributed by atoms with Gasteiger partial charge in [0.15, 0.2) is 0 Å². The number of rotatable bonds is 5. The highest BCUT2D eigenvalue weighted by molar-refractivity contribution is 7.94. The summed E-state index contributed by atoms with van der Waals surface area (Å²) in [6, 6.07) is 13.5. The van der Waals surface area contributed by atoms with Crippen LogP contribution < -0.4 is 15.0 Å². The number of methoxy groups -OCH3 is 1. The van der Waals surface area contributed by atoms with Gasteiger partial charge in [0.1, 0.15) is 15.6 Å². The predicted octanol–water partition coefficient (Wildman–Crippen LogP) is 2.98. The van der Waals surface area contributed by atoms with Crippen LogP contribution in [0.2, 0.25) is 0 Å². The molecule has 8 nitrogen and oxygen atoms in total. The largest absolute Gasteiger partial charge is 0.497 e. The Morgan fingerprint density at radius 1 is 1.09 bits per heavy atom. The lowest BCUT2D eigenvalue weighted by Gasteiger charge is -2.43. The quantitative estimate of drug-likeness (QED) is 0.599. The molecule has 2 bridgehead atoms. The molecule has 2 unspecified atom stereocenters. The van der Waals surface area contributed by atoms with Gasteiger partial charge in [0.2, 0.25) is 0 Å². The maximum atomic E-state index is 13.1. The molecule has 3 aromatic rings. The Bertz CT molecular complexity index is 1350. The normalized spacial score (nSPS) is 19.6. The number of ether oxygens (including phenoxy) is 1. The molecule has 33 heavy (non-hydrogen) atoms. The second-order valence-electron chi connectivity index (χ2n) is 8.36. The van der Waals surface area contributed by atoms with Gasteiger partial charge in [-0.3, -0.25) is 14.3 Å². The first-order valence-corrected chi connectivity index (χ1v) is 13.0. The molecule has 0 aliphatic carbocycles. The molecule has 1 N–H and O–H groups in total. The van der Waals surface area contributed by atoms with Crippen LogP contribution in [0.4, 0.5) is 5.69 Å². The first-order chi connectivity index (χ1) is 15.9. The van der Waals surface area contributed by atoms with Crippen LogP contribution in [0.3, 0.4) is 0 Å². The number of aromatic nitrogens is 1. The zero-order valence-corrected chi connectivity index (χ0v) is 19.6. The van der Waals surface area contributed by atoms with Crippen LogP contribution in [-0.2, 0) is 16.6 Å². The molecular weight excluding hydrogens is 462 g/mol. The summed E-state index contributed by atoms with van der Waals surface area (Å²) in [5.74, 6) is 0.806. The van der Waals surface area contributed by atoms with E-state index in [0.29, 0.717) is 30.9 Å². The summed E-state index contributed by atoms with van der Waals surface area (Å²) < 4.78 is 34.6. The van der Waals surface area contributed by atoms with E-state index >= 15 is 0 Å². The number of anilines is 1. The Morgan fingerprint density at radius 3 is 2.58 bits per heavy atom. The van der Waals surface area contributed by atoms with E-state index < -0.39 is 10.0 Å². The zero-order chi connectivity index (χ0) is 23.2. The molecule has 1 saturated heterocycles. The molecule has 0 spiro atoms. The monoisotopic (exact) mass is 485 g/mol. The molecule has 2 atom stereocenters. The summed E-state index contributed by atoms with van der Waals surface area (Å²) in [5, 5.41) is 1.68. The van der Waals surface area contributed by atoms with Crippen LogP contribution in [0.15, 0.2) is 62.9 Å². The number of hydrogen-bond acceptors (Lipinski definition) is 6. The third-order valence-electron chi connectivity index (χ3n) is 6.23. The molecule has 1 fully saturated rings. The number of pyridine rings is 1. The summed E-state index contributed by atoms with van der Waals surface area (Å²) >= 11 is 1.10. The van der Waals surface area contributed by atoms with Crippen molar-refractivity contribution in [3.05, 3.63) is 75.5 Å². The van der Waals surface area contributed by atoms with E-state index in [2.05, 4.69) is 4.72 Å². The second kappa shape index (κ2) is 8.35. The fourth-order valence-electron chi connectivity index (χ4n) is 4.72. The summed E-state index contributed by atoms with van der Waals surface area (Å²) in [6.45, 7) is 1.52. The number of carbonyl (C=O) groups excluding carboxylic acids is 1. The molecule has 2 aromatic heterocycles. The highest BCUT2D eigenvalue weighted by Crippen LogP contribution is 2.36. The van der Waals surface area contributed by atoms with Crippen LogP contribution in [0.1, 0.15) is 28.4 Å². The first kappa shape index (κ1) is 21.7. The average molecular weight is 486 g/mol. The van der Waals surface area contributed by atoms with E-state index in [9.17, 15) is 18.0 Å². The Morgan fingerprint density at radius 2 is 1.88 bits per heavy atom. The minimum Gasteiger partial charge on any atom is -0.497 e. The van der Waals surface area contributed by atoms with Gasteiger partial charge >= 0.3 is 0 Å². The lowest BCUT2D eigenvalue weighted by Crippen LogP contribution is -2.49. The fraction of sp³-hybridized carbons (Fsp3) is 0.304. The number of amides is 1. The van der Waals surface area contributed by atoms with E-state index in [1.807, 2.05) is 4.90 Å². The first-order valence-electron chi connectivity index (χ1n) is 10.6. The highest BCUT2D eigenvalue weighted by Gasteiger charge is 2.37. The SMILES string of the molecule is COc1ccc(C(=O)N2CC3CC(C2)c2ccc(NS(=O)(=O)c4cccs4)c(=O)n2C3)cc1. The molecule has 4 heterocycles. The van der Waals surface area contributed by atoms with Crippen LogP contribution in [0.25, 0.3) is 0 Å². The van der Waals surface area contributed by atoms with Crippen LogP contribution in [0.5, 0.6) is 5.75 Å². The number of fused-ring (bicyclic) bond motifs is 4. The topological polar surface area (TPSA) is 97.7 Å². The van der Waals surface area contributed by atoms with E-state index in [-0.39, 0.29) is 33.2 Å². The smallest absolute Gasteiger partial charge is 0.275 e. The second-order valence-corrected chi connectivity index (χ2v) is 11.2. The number of likely N-dealkylation sites (tertiary alicyclic amines) is 1. The van der Waals surface area contributed by atoms with Crippen LogP contribution in [0, 0.1) is 5.92 Å². The average Bonchev–Trinajstić information content (AvgIpc) is 3.37. The van der Waals surface area contributed by atoms with E-state index in [1.165, 1.54) is 12.1 Å². The number of piperidine rings is 1. The summed E-state index contributed by atoms with van der Waals surface area (Å²) in [5.41, 5.74) is 1.13. The molecule has 2 aliphatic rings. The zero-order valence-electron chi connectivity index (χ0n) is 17.9. The van der Waals surface area contributed by atoms with Gasteiger partial charge in [-0.1, -0.05) is 6.07 Å². The number of nitrogens with one attached hydrogen (secondary N) is 1. The molecule has 0 saturated carbocycles. The maximum Gasteiger partial charge on any atom is 0.275 e. The van der Waals surface area contributed by atoms with Gasteiger partial charge in [-0.25, -0.2) is 8.42 Å². The van der Waals surface area contributed by atoms with E-state index in [1.54, 1.807) is 53.5 Å². The Labute approximate surface area is 195 Å². The van der Waals surface area contributed by atoms with Crippen molar-refractivity contribution in [2.24, 2.45) is 5.92 Å². The number of benzene rings is 1. The third-order valence-corrected chi connectivity index (χ3v) is 9.00. The van der Waals surface area contributed by atoms with Crippen molar-refractivity contribution in [3.8, 4) is 5.75 Å².